The molecule has 1 aliphatic heterocycles. The molecular weight excluding hydrogens is 365 g/mol. The summed E-state index contributed by atoms with van der Waals surface area (Å²) in [6.07, 6.45) is -4.13. The van der Waals surface area contributed by atoms with Gasteiger partial charge in [-0.25, -0.2) is 0 Å². The molecule has 0 saturated carbocycles. The number of rotatable bonds is 3. The van der Waals surface area contributed by atoms with Crippen LogP contribution in [0.2, 0.25) is 5.02 Å². The lowest BCUT2D eigenvalue weighted by Gasteiger charge is -2.37. The normalized spacial score (nSPS) is 15.2. The van der Waals surface area contributed by atoms with Crippen LogP contribution in [0.5, 0.6) is 0 Å². The zero-order valence-electron chi connectivity index (χ0n) is 14.0. The lowest BCUT2D eigenvalue weighted by Crippen LogP contribution is -2.49. The third-order valence-electron chi connectivity index (χ3n) is 4.45. The Balaban J connectivity index is 1.63. The van der Waals surface area contributed by atoms with E-state index >= 15 is 0 Å². The molecule has 0 radical (unpaired) electrons. The Hall–Kier alpha value is -2.21. The van der Waals surface area contributed by atoms with Gasteiger partial charge in [0, 0.05) is 36.9 Å². The van der Waals surface area contributed by atoms with Crippen molar-refractivity contribution >= 4 is 23.2 Å². The summed E-state index contributed by atoms with van der Waals surface area (Å²) in [6.45, 7) is 1.55. The molecule has 0 unspecified atom stereocenters. The maximum absolute atomic E-state index is 13.2. The predicted molar refractivity (Wildman–Crippen MR) is 95.4 cm³/mol. The van der Waals surface area contributed by atoms with E-state index in [0.29, 0.717) is 31.2 Å². The predicted octanol–water partition coefficient (Wildman–Crippen LogP) is 4.25. The molecule has 0 spiro atoms. The fourth-order valence-corrected chi connectivity index (χ4v) is 3.20. The van der Waals surface area contributed by atoms with Crippen LogP contribution in [0.15, 0.2) is 48.5 Å². The van der Waals surface area contributed by atoms with Crippen LogP contribution in [-0.2, 0) is 17.4 Å². The van der Waals surface area contributed by atoms with Gasteiger partial charge in [0.25, 0.3) is 0 Å². The highest BCUT2D eigenvalue weighted by molar-refractivity contribution is 6.30. The third-order valence-corrected chi connectivity index (χ3v) is 4.70. The Kier molecular flexibility index (Phi) is 5.41. The van der Waals surface area contributed by atoms with Gasteiger partial charge >= 0.3 is 6.18 Å². The molecule has 138 valence electrons. The first-order chi connectivity index (χ1) is 12.3. The van der Waals surface area contributed by atoms with Crippen LogP contribution >= 0.6 is 11.6 Å². The molecule has 26 heavy (non-hydrogen) atoms. The number of alkyl halides is 3. The van der Waals surface area contributed by atoms with Crippen molar-refractivity contribution in [1.82, 2.24) is 4.90 Å². The smallest absolute Gasteiger partial charge is 0.367 e. The summed E-state index contributed by atoms with van der Waals surface area (Å²) in [4.78, 5) is 15.8. The van der Waals surface area contributed by atoms with Crippen molar-refractivity contribution in [3.05, 3.63) is 64.7 Å². The van der Waals surface area contributed by atoms with Crippen molar-refractivity contribution in [3.8, 4) is 0 Å². The number of para-hydroxylation sites is 1. The summed E-state index contributed by atoms with van der Waals surface area (Å²) >= 11 is 5.84. The van der Waals surface area contributed by atoms with Gasteiger partial charge in [-0.05, 0) is 29.8 Å². The van der Waals surface area contributed by atoms with Crippen molar-refractivity contribution < 1.29 is 18.0 Å². The number of piperazine rings is 1. The molecule has 7 heteroatoms. The monoisotopic (exact) mass is 382 g/mol. The summed E-state index contributed by atoms with van der Waals surface area (Å²) in [5, 5.41) is 0.609. The highest BCUT2D eigenvalue weighted by Crippen LogP contribution is 2.36. The van der Waals surface area contributed by atoms with Gasteiger partial charge in [0.15, 0.2) is 0 Å². The molecule has 0 N–H and O–H groups in total. The highest BCUT2D eigenvalue weighted by Gasteiger charge is 2.35. The van der Waals surface area contributed by atoms with Gasteiger partial charge in [0.2, 0.25) is 5.91 Å². The number of carbonyl (C=O) groups excluding carboxylic acids is 1. The van der Waals surface area contributed by atoms with E-state index in [0.717, 1.165) is 11.6 Å². The first-order valence-corrected chi connectivity index (χ1v) is 8.66. The minimum atomic E-state index is -4.39. The highest BCUT2D eigenvalue weighted by atomic mass is 35.5. The van der Waals surface area contributed by atoms with Gasteiger partial charge in [-0.15, -0.1) is 0 Å². The fourth-order valence-electron chi connectivity index (χ4n) is 3.07. The number of halogens is 4. The number of amides is 1. The van der Waals surface area contributed by atoms with E-state index < -0.39 is 11.7 Å². The van der Waals surface area contributed by atoms with Gasteiger partial charge in [-0.1, -0.05) is 35.9 Å². The van der Waals surface area contributed by atoms with E-state index in [1.807, 2.05) is 0 Å². The Morgan fingerprint density at radius 3 is 2.19 bits per heavy atom. The van der Waals surface area contributed by atoms with E-state index in [-0.39, 0.29) is 18.0 Å². The second kappa shape index (κ2) is 7.58. The Morgan fingerprint density at radius 1 is 0.962 bits per heavy atom. The Bertz CT molecular complexity index is 769. The molecule has 1 amide bonds. The van der Waals surface area contributed by atoms with Crippen LogP contribution in [0.3, 0.4) is 0 Å². The van der Waals surface area contributed by atoms with E-state index in [9.17, 15) is 18.0 Å². The second-order valence-corrected chi connectivity index (χ2v) is 6.62. The summed E-state index contributed by atoms with van der Waals surface area (Å²) in [6, 6.07) is 12.6. The zero-order valence-corrected chi connectivity index (χ0v) is 14.7. The molecule has 0 atom stereocenters. The lowest BCUT2D eigenvalue weighted by atomic mass is 10.1. The first kappa shape index (κ1) is 18.6. The molecule has 0 aliphatic carbocycles. The second-order valence-electron chi connectivity index (χ2n) is 6.19. The van der Waals surface area contributed by atoms with Gasteiger partial charge < -0.3 is 9.80 Å². The summed E-state index contributed by atoms with van der Waals surface area (Å²) < 4.78 is 39.5. The van der Waals surface area contributed by atoms with Crippen LogP contribution in [-0.4, -0.2) is 37.0 Å². The maximum atomic E-state index is 13.2. The average Bonchev–Trinajstić information content (AvgIpc) is 2.63. The van der Waals surface area contributed by atoms with E-state index in [4.69, 9.17) is 11.6 Å². The van der Waals surface area contributed by atoms with Gasteiger partial charge in [0.05, 0.1) is 12.0 Å². The van der Waals surface area contributed by atoms with Crippen LogP contribution < -0.4 is 4.90 Å². The molecule has 1 saturated heterocycles. The molecule has 2 aromatic carbocycles. The van der Waals surface area contributed by atoms with Crippen molar-refractivity contribution in [2.45, 2.75) is 12.6 Å². The molecule has 0 aromatic heterocycles. The fraction of sp³-hybridized carbons (Fsp3) is 0.316. The zero-order chi connectivity index (χ0) is 18.7. The van der Waals surface area contributed by atoms with Crippen molar-refractivity contribution in [1.29, 1.82) is 0 Å². The average molecular weight is 383 g/mol. The number of hydrogen-bond donors (Lipinski definition) is 0. The lowest BCUT2D eigenvalue weighted by molar-refractivity contribution is -0.137. The molecule has 1 aliphatic rings. The topological polar surface area (TPSA) is 23.6 Å². The summed E-state index contributed by atoms with van der Waals surface area (Å²) in [5.74, 6) is -0.0314. The molecule has 1 heterocycles. The maximum Gasteiger partial charge on any atom is 0.418 e. The number of hydrogen-bond acceptors (Lipinski definition) is 2. The van der Waals surface area contributed by atoms with E-state index in [1.54, 1.807) is 40.1 Å². The van der Waals surface area contributed by atoms with Gasteiger partial charge in [-0.3, -0.25) is 4.79 Å². The standard InChI is InChI=1S/C19H18ClF3N2O/c20-15-7-5-14(6-8-15)13-18(26)25-11-9-24(10-12-25)17-4-2-1-3-16(17)19(21,22)23/h1-8H,9-13H2. The largest absolute Gasteiger partial charge is 0.418 e. The van der Waals surface area contributed by atoms with Crippen LogP contribution in [0.4, 0.5) is 18.9 Å². The molecule has 1 fully saturated rings. The van der Waals surface area contributed by atoms with Crippen LogP contribution in [0, 0.1) is 0 Å². The first-order valence-electron chi connectivity index (χ1n) is 8.28. The van der Waals surface area contributed by atoms with E-state index in [1.165, 1.54) is 12.1 Å². The minimum absolute atomic E-state index is 0.0314. The van der Waals surface area contributed by atoms with E-state index in [2.05, 4.69) is 0 Å². The molecule has 3 nitrogen and oxygen atoms in total. The number of carbonyl (C=O) groups is 1. The minimum Gasteiger partial charge on any atom is -0.367 e. The van der Waals surface area contributed by atoms with Gasteiger partial charge in [0.1, 0.15) is 0 Å². The Morgan fingerprint density at radius 2 is 1.58 bits per heavy atom. The van der Waals surface area contributed by atoms with Crippen LogP contribution in [0.25, 0.3) is 0 Å². The quantitative estimate of drug-likeness (QED) is 0.792. The molecular formula is C19H18ClF3N2O. The SMILES string of the molecule is O=C(Cc1ccc(Cl)cc1)N1CCN(c2ccccc2C(F)(F)F)CC1. The van der Waals surface area contributed by atoms with Crippen molar-refractivity contribution in [3.63, 3.8) is 0 Å². The number of benzene rings is 2. The van der Waals surface area contributed by atoms with Crippen LogP contribution in [0.1, 0.15) is 11.1 Å². The molecule has 2 aromatic rings. The van der Waals surface area contributed by atoms with Crippen molar-refractivity contribution in [2.75, 3.05) is 31.1 Å². The number of anilines is 1. The Labute approximate surface area is 155 Å². The van der Waals surface area contributed by atoms with Gasteiger partial charge in [-0.2, -0.15) is 13.2 Å². The molecule has 3 rings (SSSR count). The molecule has 0 bridgehead atoms. The summed E-state index contributed by atoms with van der Waals surface area (Å²) in [7, 11) is 0. The third kappa shape index (κ3) is 4.30. The summed E-state index contributed by atoms with van der Waals surface area (Å²) in [5.41, 5.74) is 0.398. The number of nitrogens with zero attached hydrogens (tertiary/aromatic N) is 2. The van der Waals surface area contributed by atoms with Crippen molar-refractivity contribution in [2.24, 2.45) is 0 Å².